The second-order valence-corrected chi connectivity index (χ2v) is 4.35. The van der Waals surface area contributed by atoms with Gasteiger partial charge in [0.25, 0.3) is 5.91 Å². The fourth-order valence-corrected chi connectivity index (χ4v) is 1.71. The zero-order valence-corrected chi connectivity index (χ0v) is 11.8. The summed E-state index contributed by atoms with van der Waals surface area (Å²) >= 11 is 0. The Kier molecular flexibility index (Phi) is 7.47. The summed E-state index contributed by atoms with van der Waals surface area (Å²) in [5.74, 6) is 1.13. The van der Waals surface area contributed by atoms with E-state index in [1.165, 1.54) is 12.8 Å². The van der Waals surface area contributed by atoms with E-state index in [-0.39, 0.29) is 12.5 Å². The molecule has 0 aromatic heterocycles. The molecule has 0 unspecified atom stereocenters. The van der Waals surface area contributed by atoms with Crippen LogP contribution in [-0.2, 0) is 4.79 Å². The highest BCUT2D eigenvalue weighted by Gasteiger charge is 2.05. The summed E-state index contributed by atoms with van der Waals surface area (Å²) in [6, 6.07) is 7.30. The number of para-hydroxylation sites is 2. The maximum atomic E-state index is 11.6. The lowest BCUT2D eigenvalue weighted by molar-refractivity contribution is -0.123. The van der Waals surface area contributed by atoms with E-state index in [4.69, 9.17) is 9.47 Å². The van der Waals surface area contributed by atoms with E-state index in [0.717, 1.165) is 12.8 Å². The highest BCUT2D eigenvalue weighted by Crippen LogP contribution is 2.25. The van der Waals surface area contributed by atoms with Crippen LogP contribution in [0.3, 0.4) is 0 Å². The molecule has 0 spiro atoms. The van der Waals surface area contributed by atoms with Gasteiger partial charge in [-0.15, -0.1) is 0 Å². The number of hydrogen-bond donors (Lipinski definition) is 1. The van der Waals surface area contributed by atoms with Crippen molar-refractivity contribution >= 4 is 5.91 Å². The number of nitrogens with one attached hydrogen (secondary N) is 1. The molecule has 0 bridgehead atoms. The maximum absolute atomic E-state index is 11.6. The fourth-order valence-electron chi connectivity index (χ4n) is 1.71. The Balaban J connectivity index is 2.22. The number of methoxy groups -OCH3 is 1. The number of unbranched alkanes of at least 4 members (excludes halogenated alkanes) is 3. The number of hydrogen-bond acceptors (Lipinski definition) is 3. The van der Waals surface area contributed by atoms with Crippen molar-refractivity contribution in [3.8, 4) is 11.5 Å². The molecule has 1 N–H and O–H groups in total. The number of carbonyl (C=O) groups excluding carboxylic acids is 1. The van der Waals surface area contributed by atoms with Crippen molar-refractivity contribution in [1.82, 2.24) is 5.32 Å². The first kappa shape index (κ1) is 15.3. The number of amides is 1. The standard InChI is InChI=1S/C15H23NO3/c1-3-4-5-8-11-16-15(17)12-19-14-10-7-6-9-13(14)18-2/h6-7,9-10H,3-5,8,11-12H2,1-2H3,(H,16,17). The average molecular weight is 265 g/mol. The summed E-state index contributed by atoms with van der Waals surface area (Å²) in [4.78, 5) is 11.6. The molecule has 0 saturated carbocycles. The van der Waals surface area contributed by atoms with Crippen molar-refractivity contribution in [3.05, 3.63) is 24.3 Å². The summed E-state index contributed by atoms with van der Waals surface area (Å²) in [6.45, 7) is 2.90. The van der Waals surface area contributed by atoms with Crippen LogP contribution in [0.4, 0.5) is 0 Å². The van der Waals surface area contributed by atoms with Crippen molar-refractivity contribution in [2.24, 2.45) is 0 Å². The Morgan fingerprint density at radius 2 is 1.89 bits per heavy atom. The van der Waals surface area contributed by atoms with Crippen molar-refractivity contribution in [3.63, 3.8) is 0 Å². The van der Waals surface area contributed by atoms with Crippen molar-refractivity contribution in [1.29, 1.82) is 0 Å². The van der Waals surface area contributed by atoms with Gasteiger partial charge in [0.1, 0.15) is 0 Å². The van der Waals surface area contributed by atoms with Gasteiger partial charge >= 0.3 is 0 Å². The molecule has 1 aromatic rings. The highest BCUT2D eigenvalue weighted by molar-refractivity contribution is 5.77. The Morgan fingerprint density at radius 1 is 1.16 bits per heavy atom. The average Bonchev–Trinajstić information content (AvgIpc) is 2.45. The first-order valence-corrected chi connectivity index (χ1v) is 6.80. The maximum Gasteiger partial charge on any atom is 0.257 e. The summed E-state index contributed by atoms with van der Waals surface area (Å²) < 4.78 is 10.6. The third-order valence-corrected chi connectivity index (χ3v) is 2.78. The molecule has 0 aliphatic carbocycles. The van der Waals surface area contributed by atoms with Gasteiger partial charge in [0, 0.05) is 6.54 Å². The molecule has 0 radical (unpaired) electrons. The van der Waals surface area contributed by atoms with E-state index in [9.17, 15) is 4.79 Å². The molecule has 0 saturated heterocycles. The molecule has 106 valence electrons. The SMILES string of the molecule is CCCCCCNC(=O)COc1ccccc1OC. The van der Waals surface area contributed by atoms with Gasteiger partial charge in [0.15, 0.2) is 18.1 Å². The van der Waals surface area contributed by atoms with Crippen molar-refractivity contribution in [2.75, 3.05) is 20.3 Å². The van der Waals surface area contributed by atoms with E-state index in [2.05, 4.69) is 12.2 Å². The van der Waals surface area contributed by atoms with E-state index >= 15 is 0 Å². The van der Waals surface area contributed by atoms with Crippen LogP contribution in [0.5, 0.6) is 11.5 Å². The van der Waals surface area contributed by atoms with Gasteiger partial charge < -0.3 is 14.8 Å². The van der Waals surface area contributed by atoms with E-state index in [1.54, 1.807) is 19.2 Å². The summed E-state index contributed by atoms with van der Waals surface area (Å²) in [7, 11) is 1.58. The van der Waals surface area contributed by atoms with Crippen LogP contribution < -0.4 is 14.8 Å². The summed E-state index contributed by atoms with van der Waals surface area (Å²) in [5.41, 5.74) is 0. The normalized spacial score (nSPS) is 10.0. The monoisotopic (exact) mass is 265 g/mol. The van der Waals surface area contributed by atoms with E-state index < -0.39 is 0 Å². The lowest BCUT2D eigenvalue weighted by Crippen LogP contribution is -2.29. The third-order valence-electron chi connectivity index (χ3n) is 2.78. The van der Waals surface area contributed by atoms with Gasteiger partial charge in [0.2, 0.25) is 0 Å². The lowest BCUT2D eigenvalue weighted by Gasteiger charge is -2.10. The number of ether oxygens (including phenoxy) is 2. The molecular formula is C15H23NO3. The fraction of sp³-hybridized carbons (Fsp3) is 0.533. The van der Waals surface area contributed by atoms with Crippen LogP contribution in [0.1, 0.15) is 32.6 Å². The summed E-state index contributed by atoms with van der Waals surface area (Å²) in [6.07, 6.45) is 4.59. The molecule has 1 amide bonds. The van der Waals surface area contributed by atoms with Gasteiger partial charge in [-0.2, -0.15) is 0 Å². The minimum atomic E-state index is -0.0950. The van der Waals surface area contributed by atoms with Gasteiger partial charge in [-0.1, -0.05) is 38.3 Å². The number of carbonyl (C=O) groups is 1. The van der Waals surface area contributed by atoms with Crippen LogP contribution in [0.15, 0.2) is 24.3 Å². The first-order valence-electron chi connectivity index (χ1n) is 6.80. The van der Waals surface area contributed by atoms with Crippen LogP contribution in [0.25, 0.3) is 0 Å². The van der Waals surface area contributed by atoms with Crippen LogP contribution in [-0.4, -0.2) is 26.2 Å². The zero-order valence-electron chi connectivity index (χ0n) is 11.8. The van der Waals surface area contributed by atoms with Crippen LogP contribution in [0, 0.1) is 0 Å². The number of rotatable bonds is 9. The molecule has 0 aliphatic rings. The second kappa shape index (κ2) is 9.25. The smallest absolute Gasteiger partial charge is 0.257 e. The molecule has 0 atom stereocenters. The first-order chi connectivity index (χ1) is 9.27. The topological polar surface area (TPSA) is 47.6 Å². The molecule has 0 aliphatic heterocycles. The van der Waals surface area contributed by atoms with Gasteiger partial charge in [-0.25, -0.2) is 0 Å². The molecule has 0 heterocycles. The highest BCUT2D eigenvalue weighted by atomic mass is 16.5. The Hall–Kier alpha value is -1.71. The van der Waals surface area contributed by atoms with Crippen molar-refractivity contribution in [2.45, 2.75) is 32.6 Å². The van der Waals surface area contributed by atoms with Crippen LogP contribution >= 0.6 is 0 Å². The summed E-state index contributed by atoms with van der Waals surface area (Å²) in [5, 5.41) is 2.84. The predicted octanol–water partition coefficient (Wildman–Crippen LogP) is 2.77. The Morgan fingerprint density at radius 3 is 2.58 bits per heavy atom. The molecule has 4 heteroatoms. The Bertz CT molecular complexity index is 379. The molecule has 1 aromatic carbocycles. The van der Waals surface area contributed by atoms with Crippen LogP contribution in [0.2, 0.25) is 0 Å². The third kappa shape index (κ3) is 6.13. The van der Waals surface area contributed by atoms with Gasteiger partial charge in [0.05, 0.1) is 7.11 Å². The number of benzene rings is 1. The molecule has 1 rings (SSSR count). The minimum absolute atomic E-state index is 0.0220. The minimum Gasteiger partial charge on any atom is -0.493 e. The molecule has 4 nitrogen and oxygen atoms in total. The quantitative estimate of drug-likeness (QED) is 0.698. The predicted molar refractivity (Wildman–Crippen MR) is 75.6 cm³/mol. The largest absolute Gasteiger partial charge is 0.493 e. The lowest BCUT2D eigenvalue weighted by atomic mass is 10.2. The van der Waals surface area contributed by atoms with Gasteiger partial charge in [-0.05, 0) is 18.6 Å². The van der Waals surface area contributed by atoms with Gasteiger partial charge in [-0.3, -0.25) is 4.79 Å². The van der Waals surface area contributed by atoms with E-state index in [1.807, 2.05) is 12.1 Å². The Labute approximate surface area is 115 Å². The molecule has 0 fully saturated rings. The van der Waals surface area contributed by atoms with E-state index in [0.29, 0.717) is 18.0 Å². The zero-order chi connectivity index (χ0) is 13.9. The van der Waals surface area contributed by atoms with Crippen molar-refractivity contribution < 1.29 is 14.3 Å². The molecule has 19 heavy (non-hydrogen) atoms. The second-order valence-electron chi connectivity index (χ2n) is 4.35. The molecular weight excluding hydrogens is 242 g/mol.